The van der Waals surface area contributed by atoms with Crippen LogP contribution in [0.4, 0.5) is 20.3 Å². The highest BCUT2D eigenvalue weighted by Gasteiger charge is 2.22. The minimum atomic E-state index is -1.75. The molecular weight excluding hydrogens is 442 g/mol. The number of amides is 2. The lowest BCUT2D eigenvalue weighted by Gasteiger charge is -2.26. The summed E-state index contributed by atoms with van der Waals surface area (Å²) < 4.78 is 26.8. The first kappa shape index (κ1) is 23.3. The normalized spacial score (nSPS) is 14.2. The number of nitrogen functional groups attached to an aromatic ring is 1. The Bertz CT molecular complexity index is 1240. The number of nitrogens with one attached hydrogen (secondary N) is 2. The van der Waals surface area contributed by atoms with Crippen LogP contribution >= 0.6 is 0 Å². The fourth-order valence-electron chi connectivity index (χ4n) is 3.78. The van der Waals surface area contributed by atoms with Crippen LogP contribution in [0.15, 0.2) is 48.7 Å². The van der Waals surface area contributed by atoms with Crippen LogP contribution in [0.25, 0.3) is 11.1 Å². The van der Waals surface area contributed by atoms with E-state index in [0.717, 1.165) is 42.5 Å². The molecule has 3 aromatic rings. The van der Waals surface area contributed by atoms with E-state index in [1.54, 1.807) is 30.5 Å². The van der Waals surface area contributed by atoms with E-state index in [0.29, 0.717) is 22.9 Å². The van der Waals surface area contributed by atoms with Crippen LogP contribution in [0.2, 0.25) is 0 Å². The topological polar surface area (TPSA) is 117 Å². The Labute approximate surface area is 195 Å². The van der Waals surface area contributed by atoms with Crippen LogP contribution in [-0.2, 0) is 4.79 Å². The second-order valence-corrected chi connectivity index (χ2v) is 8.38. The lowest BCUT2D eigenvalue weighted by Crippen LogP contribution is -2.39. The zero-order valence-electron chi connectivity index (χ0n) is 18.4. The Kier molecular flexibility index (Phi) is 6.56. The van der Waals surface area contributed by atoms with Crippen LogP contribution in [0.3, 0.4) is 0 Å². The Balaban J connectivity index is 1.51. The molecule has 0 aliphatic heterocycles. The molecule has 0 spiro atoms. The van der Waals surface area contributed by atoms with Crippen molar-refractivity contribution in [3.63, 3.8) is 0 Å². The van der Waals surface area contributed by atoms with Gasteiger partial charge in [-0.05, 0) is 73.2 Å². The van der Waals surface area contributed by atoms with Gasteiger partial charge in [0.05, 0.1) is 5.56 Å². The Morgan fingerprint density at radius 1 is 1.12 bits per heavy atom. The number of anilines is 2. The van der Waals surface area contributed by atoms with Crippen LogP contribution in [-0.4, -0.2) is 27.9 Å². The summed E-state index contributed by atoms with van der Waals surface area (Å²) in [6, 6.07) is 9.33. The third kappa shape index (κ3) is 5.04. The molecule has 4 rings (SSSR count). The average molecular weight is 466 g/mol. The maximum absolute atomic E-state index is 13.4. The molecule has 7 nitrogen and oxygen atoms in total. The van der Waals surface area contributed by atoms with Crippen molar-refractivity contribution < 1.29 is 23.5 Å². The van der Waals surface area contributed by atoms with Crippen molar-refractivity contribution in [2.45, 2.75) is 38.3 Å². The van der Waals surface area contributed by atoms with Crippen molar-refractivity contribution in [2.75, 3.05) is 11.1 Å². The quantitative estimate of drug-likeness (QED) is 0.440. The molecule has 1 aromatic heterocycles. The highest BCUT2D eigenvalue weighted by molar-refractivity contribution is 6.00. The molecule has 9 heteroatoms. The SMILES string of the molecule is Cc1cc(NC(=O)[C@@H](O)c2cc(F)cc(F)c2)ccc1-c1cnc(N)c(C(=O)NC2CCC2)c1. The summed E-state index contributed by atoms with van der Waals surface area (Å²) in [6.07, 6.45) is 2.82. The number of aliphatic hydroxyl groups excluding tert-OH is 1. The number of aliphatic hydroxyl groups is 1. The number of benzene rings is 2. The highest BCUT2D eigenvalue weighted by Crippen LogP contribution is 2.29. The number of rotatable bonds is 6. The van der Waals surface area contributed by atoms with Crippen LogP contribution in [0.5, 0.6) is 0 Å². The Hall–Kier alpha value is -3.85. The summed E-state index contributed by atoms with van der Waals surface area (Å²) in [5.41, 5.74) is 8.63. The van der Waals surface area contributed by atoms with E-state index < -0.39 is 23.6 Å². The predicted octanol–water partition coefficient (Wildman–Crippen LogP) is 3.87. The molecule has 1 atom stereocenters. The van der Waals surface area contributed by atoms with Gasteiger partial charge in [0.2, 0.25) is 0 Å². The molecule has 1 heterocycles. The first-order chi connectivity index (χ1) is 16.2. The number of carbonyl (C=O) groups excluding carboxylic acids is 2. The molecule has 0 radical (unpaired) electrons. The van der Waals surface area contributed by atoms with Crippen molar-refractivity contribution in [1.29, 1.82) is 0 Å². The number of halogens is 2. The van der Waals surface area contributed by atoms with Gasteiger partial charge in [0, 0.05) is 29.6 Å². The zero-order chi connectivity index (χ0) is 24.4. The molecule has 1 fully saturated rings. The molecule has 0 saturated heterocycles. The third-order valence-electron chi connectivity index (χ3n) is 5.86. The fourth-order valence-corrected chi connectivity index (χ4v) is 3.78. The summed E-state index contributed by atoms with van der Waals surface area (Å²) in [7, 11) is 0. The van der Waals surface area contributed by atoms with E-state index >= 15 is 0 Å². The largest absolute Gasteiger partial charge is 0.383 e. The van der Waals surface area contributed by atoms with Crippen molar-refractivity contribution in [3.05, 3.63) is 77.0 Å². The number of pyridine rings is 1. The van der Waals surface area contributed by atoms with E-state index in [1.165, 1.54) is 0 Å². The molecule has 2 amide bonds. The van der Waals surface area contributed by atoms with E-state index in [4.69, 9.17) is 5.73 Å². The lowest BCUT2D eigenvalue weighted by molar-refractivity contribution is -0.124. The van der Waals surface area contributed by atoms with Gasteiger partial charge in [-0.3, -0.25) is 9.59 Å². The highest BCUT2D eigenvalue weighted by atomic mass is 19.1. The van der Waals surface area contributed by atoms with Crippen LogP contribution < -0.4 is 16.4 Å². The van der Waals surface area contributed by atoms with Gasteiger partial charge in [0.25, 0.3) is 11.8 Å². The van der Waals surface area contributed by atoms with Gasteiger partial charge in [-0.15, -0.1) is 0 Å². The summed E-state index contributed by atoms with van der Waals surface area (Å²) >= 11 is 0. The van der Waals surface area contributed by atoms with Crippen molar-refractivity contribution in [2.24, 2.45) is 0 Å². The molecule has 1 saturated carbocycles. The van der Waals surface area contributed by atoms with Crippen molar-refractivity contribution >= 4 is 23.3 Å². The first-order valence-corrected chi connectivity index (χ1v) is 10.8. The minimum Gasteiger partial charge on any atom is -0.383 e. The predicted molar refractivity (Wildman–Crippen MR) is 124 cm³/mol. The third-order valence-corrected chi connectivity index (χ3v) is 5.86. The van der Waals surface area contributed by atoms with Gasteiger partial charge in [-0.2, -0.15) is 0 Å². The molecule has 34 heavy (non-hydrogen) atoms. The van der Waals surface area contributed by atoms with Gasteiger partial charge in [-0.25, -0.2) is 13.8 Å². The Morgan fingerprint density at radius 2 is 1.82 bits per heavy atom. The number of nitrogens with two attached hydrogens (primary N) is 1. The second kappa shape index (κ2) is 9.56. The molecule has 5 N–H and O–H groups in total. The average Bonchev–Trinajstić information content (AvgIpc) is 2.75. The monoisotopic (exact) mass is 466 g/mol. The smallest absolute Gasteiger partial charge is 0.257 e. The van der Waals surface area contributed by atoms with E-state index in [2.05, 4.69) is 15.6 Å². The molecule has 0 bridgehead atoms. The number of carbonyl (C=O) groups is 2. The molecule has 0 unspecified atom stereocenters. The van der Waals surface area contributed by atoms with Crippen LogP contribution in [0, 0.1) is 18.6 Å². The van der Waals surface area contributed by atoms with Gasteiger partial charge < -0.3 is 21.5 Å². The van der Waals surface area contributed by atoms with Crippen molar-refractivity contribution in [1.82, 2.24) is 10.3 Å². The molecule has 176 valence electrons. The maximum atomic E-state index is 13.4. The fraction of sp³-hybridized carbons (Fsp3) is 0.240. The number of hydrogen-bond donors (Lipinski definition) is 4. The molecular formula is C25H24F2N4O3. The van der Waals surface area contributed by atoms with Gasteiger partial charge in [-0.1, -0.05) is 6.07 Å². The zero-order valence-corrected chi connectivity index (χ0v) is 18.4. The standard InChI is InChI=1S/C25H24F2N4O3/c1-13-7-19(31-25(34)22(32)14-8-16(26)11-17(27)9-14)5-6-20(13)15-10-21(23(28)29-12-15)24(33)30-18-3-2-4-18/h5-12,18,22,32H,2-4H2,1H3,(H2,28,29)(H,30,33)(H,31,34)/t22-/m0/s1. The lowest BCUT2D eigenvalue weighted by atomic mass is 9.93. The molecule has 1 aliphatic rings. The van der Waals surface area contributed by atoms with E-state index in [1.807, 2.05) is 6.92 Å². The number of hydrogen-bond acceptors (Lipinski definition) is 5. The van der Waals surface area contributed by atoms with E-state index in [9.17, 15) is 23.5 Å². The molecule has 1 aliphatic carbocycles. The van der Waals surface area contributed by atoms with Crippen molar-refractivity contribution in [3.8, 4) is 11.1 Å². The van der Waals surface area contributed by atoms with Crippen LogP contribution in [0.1, 0.15) is 46.9 Å². The van der Waals surface area contributed by atoms with Gasteiger partial charge >= 0.3 is 0 Å². The van der Waals surface area contributed by atoms with E-state index in [-0.39, 0.29) is 23.3 Å². The van der Waals surface area contributed by atoms with Gasteiger partial charge in [0.15, 0.2) is 6.10 Å². The first-order valence-electron chi connectivity index (χ1n) is 10.8. The van der Waals surface area contributed by atoms with Gasteiger partial charge in [0.1, 0.15) is 17.5 Å². The summed E-state index contributed by atoms with van der Waals surface area (Å²) in [5, 5.41) is 15.7. The maximum Gasteiger partial charge on any atom is 0.257 e. The number of aryl methyl sites for hydroxylation is 1. The number of nitrogens with zero attached hydrogens (tertiary/aromatic N) is 1. The number of aromatic nitrogens is 1. The second-order valence-electron chi connectivity index (χ2n) is 8.38. The minimum absolute atomic E-state index is 0.143. The summed E-state index contributed by atoms with van der Waals surface area (Å²) in [5.74, 6) is -2.73. The summed E-state index contributed by atoms with van der Waals surface area (Å²) in [6.45, 7) is 1.81. The Morgan fingerprint density at radius 3 is 2.44 bits per heavy atom. The molecule has 2 aromatic carbocycles. The summed E-state index contributed by atoms with van der Waals surface area (Å²) in [4.78, 5) is 29.2.